The summed E-state index contributed by atoms with van der Waals surface area (Å²) >= 11 is 12.1. The number of hydrazone groups is 1. The number of ether oxygens (including phenoxy) is 1. The van der Waals surface area contributed by atoms with E-state index in [0.717, 1.165) is 49.6 Å². The van der Waals surface area contributed by atoms with Crippen molar-refractivity contribution in [2.45, 2.75) is 13.1 Å². The van der Waals surface area contributed by atoms with E-state index in [-0.39, 0.29) is 29.6 Å². The van der Waals surface area contributed by atoms with Crippen molar-refractivity contribution in [2.24, 2.45) is 5.10 Å². The SMILES string of the molecule is C1COCCN1.CC(=O)CN1N=C(c2ccc(Cl)cc2Cl)CN(c2ccc(C(F)(F)F)nc2)C1=O. The number of nitrogens with one attached hydrogen (secondary N) is 1. The minimum atomic E-state index is -4.60. The number of carbonyl (C=O) groups excluding carboxylic acids is 2. The molecular formula is C22H22Cl2F3N5O3. The molecular weight excluding hydrogens is 510 g/mol. The molecule has 8 nitrogen and oxygen atoms in total. The van der Waals surface area contributed by atoms with Gasteiger partial charge in [0.25, 0.3) is 0 Å². The number of halogens is 5. The molecule has 0 aliphatic carbocycles. The van der Waals surface area contributed by atoms with Crippen LogP contribution in [0.2, 0.25) is 10.0 Å². The predicted octanol–water partition coefficient (Wildman–Crippen LogP) is 4.25. The number of morpholine rings is 1. The van der Waals surface area contributed by atoms with Crippen molar-refractivity contribution in [2.75, 3.05) is 44.3 Å². The highest BCUT2D eigenvalue weighted by Crippen LogP contribution is 2.30. The lowest BCUT2D eigenvalue weighted by Crippen LogP contribution is -2.50. The number of hydrogen-bond donors (Lipinski definition) is 1. The van der Waals surface area contributed by atoms with E-state index in [1.54, 1.807) is 12.1 Å². The molecule has 0 atom stereocenters. The standard InChI is InChI=1S/C18H13Cl2F3N4O2.C4H9NO/c1-10(28)8-27-17(29)26(12-3-5-16(24-7-12)18(21,22)23)9-15(25-27)13-4-2-11(19)6-14(13)20;1-3-6-4-2-5-1/h2-7H,8-9H2,1H3;5H,1-4H2. The Bertz CT molecular complexity index is 1080. The van der Waals surface area contributed by atoms with Gasteiger partial charge in [-0.15, -0.1) is 0 Å². The number of ketones is 1. The summed E-state index contributed by atoms with van der Waals surface area (Å²) in [6, 6.07) is 5.92. The maximum absolute atomic E-state index is 12.8. The van der Waals surface area contributed by atoms with Crippen LogP contribution in [-0.2, 0) is 15.7 Å². The van der Waals surface area contributed by atoms with Gasteiger partial charge in [0.15, 0.2) is 5.78 Å². The van der Waals surface area contributed by atoms with Crippen LogP contribution in [0.3, 0.4) is 0 Å². The van der Waals surface area contributed by atoms with Crippen molar-refractivity contribution in [3.63, 3.8) is 0 Å². The molecule has 13 heteroatoms. The molecule has 1 N–H and O–H groups in total. The molecule has 0 radical (unpaired) electrons. The summed E-state index contributed by atoms with van der Waals surface area (Å²) in [5.74, 6) is -0.323. The molecule has 3 heterocycles. The number of carbonyl (C=O) groups is 2. The number of anilines is 1. The Morgan fingerprint density at radius 2 is 1.89 bits per heavy atom. The Morgan fingerprint density at radius 1 is 1.17 bits per heavy atom. The van der Waals surface area contributed by atoms with Gasteiger partial charge in [0, 0.05) is 23.7 Å². The minimum Gasteiger partial charge on any atom is -0.379 e. The van der Waals surface area contributed by atoms with E-state index in [4.69, 9.17) is 27.9 Å². The van der Waals surface area contributed by atoms with E-state index in [2.05, 4.69) is 15.4 Å². The molecule has 2 aliphatic heterocycles. The first-order valence-corrected chi connectivity index (χ1v) is 11.2. The first-order valence-electron chi connectivity index (χ1n) is 10.5. The normalized spacial score (nSPS) is 16.4. The van der Waals surface area contributed by atoms with Crippen molar-refractivity contribution in [3.05, 3.63) is 57.8 Å². The Morgan fingerprint density at radius 3 is 2.37 bits per heavy atom. The molecule has 1 fully saturated rings. The maximum Gasteiger partial charge on any atom is 0.433 e. The molecule has 0 saturated carbocycles. The van der Waals surface area contributed by atoms with Gasteiger partial charge < -0.3 is 10.1 Å². The van der Waals surface area contributed by atoms with Gasteiger partial charge in [0.2, 0.25) is 0 Å². The molecule has 4 rings (SSSR count). The van der Waals surface area contributed by atoms with Crippen LogP contribution in [0.15, 0.2) is 41.6 Å². The highest BCUT2D eigenvalue weighted by atomic mass is 35.5. The Hall–Kier alpha value is -2.73. The molecule has 35 heavy (non-hydrogen) atoms. The number of nitrogens with zero attached hydrogens (tertiary/aromatic N) is 4. The number of aromatic nitrogens is 1. The van der Waals surface area contributed by atoms with Gasteiger partial charge in [0.1, 0.15) is 12.2 Å². The molecule has 0 unspecified atom stereocenters. The van der Waals surface area contributed by atoms with Gasteiger partial charge in [-0.1, -0.05) is 29.3 Å². The molecule has 188 valence electrons. The Balaban J connectivity index is 0.000000497. The zero-order chi connectivity index (χ0) is 25.6. The topological polar surface area (TPSA) is 87.1 Å². The second-order valence-corrected chi connectivity index (χ2v) is 8.40. The third-order valence-corrected chi connectivity index (χ3v) is 5.36. The zero-order valence-electron chi connectivity index (χ0n) is 18.6. The highest BCUT2D eigenvalue weighted by Gasteiger charge is 2.34. The van der Waals surface area contributed by atoms with Crippen molar-refractivity contribution in [1.82, 2.24) is 15.3 Å². The fourth-order valence-corrected chi connectivity index (χ4v) is 3.70. The lowest BCUT2D eigenvalue weighted by Gasteiger charge is -2.33. The fourth-order valence-electron chi connectivity index (χ4n) is 3.18. The van der Waals surface area contributed by atoms with Crippen LogP contribution in [0.1, 0.15) is 18.2 Å². The van der Waals surface area contributed by atoms with E-state index in [9.17, 15) is 22.8 Å². The smallest absolute Gasteiger partial charge is 0.379 e. The molecule has 2 amide bonds. The fraction of sp³-hybridized carbons (Fsp3) is 0.364. The number of alkyl halides is 3. The third kappa shape index (κ3) is 7.38. The molecule has 2 aliphatic rings. The van der Waals surface area contributed by atoms with Crippen molar-refractivity contribution in [3.8, 4) is 0 Å². The first kappa shape index (κ1) is 26.9. The zero-order valence-corrected chi connectivity index (χ0v) is 20.1. The molecule has 1 aromatic carbocycles. The van der Waals surface area contributed by atoms with Gasteiger partial charge in [-0.3, -0.25) is 9.69 Å². The number of Topliss-reactive ketones (excluding diaryl/α,β-unsaturated/α-hetero) is 1. The van der Waals surface area contributed by atoms with Crippen LogP contribution in [0.4, 0.5) is 23.7 Å². The van der Waals surface area contributed by atoms with Crippen LogP contribution in [0.5, 0.6) is 0 Å². The lowest BCUT2D eigenvalue weighted by atomic mass is 10.1. The monoisotopic (exact) mass is 531 g/mol. The van der Waals surface area contributed by atoms with E-state index in [1.807, 2.05) is 0 Å². The third-order valence-electron chi connectivity index (χ3n) is 4.81. The molecule has 2 aromatic rings. The molecule has 1 saturated heterocycles. The molecule has 1 aromatic heterocycles. The van der Waals surface area contributed by atoms with Crippen LogP contribution in [-0.4, -0.2) is 66.9 Å². The summed E-state index contributed by atoms with van der Waals surface area (Å²) in [7, 11) is 0. The summed E-state index contributed by atoms with van der Waals surface area (Å²) < 4.78 is 43.3. The Kier molecular flexibility index (Phi) is 9.06. The Labute approximate surface area is 209 Å². The first-order chi connectivity index (χ1) is 16.6. The summed E-state index contributed by atoms with van der Waals surface area (Å²) in [4.78, 5) is 28.9. The minimum absolute atomic E-state index is 0.0817. The second-order valence-electron chi connectivity index (χ2n) is 7.56. The van der Waals surface area contributed by atoms with E-state index in [1.165, 1.54) is 17.9 Å². The van der Waals surface area contributed by atoms with Gasteiger partial charge >= 0.3 is 12.2 Å². The number of hydrogen-bond acceptors (Lipinski definition) is 6. The number of urea groups is 1. The van der Waals surface area contributed by atoms with Crippen LogP contribution >= 0.6 is 23.2 Å². The second kappa shape index (κ2) is 11.8. The summed E-state index contributed by atoms with van der Waals surface area (Å²) in [5, 5.41) is 8.98. The maximum atomic E-state index is 12.8. The van der Waals surface area contributed by atoms with Gasteiger partial charge in [-0.2, -0.15) is 18.3 Å². The number of rotatable bonds is 4. The average Bonchev–Trinajstić information content (AvgIpc) is 2.81. The quantitative estimate of drug-likeness (QED) is 0.637. The lowest BCUT2D eigenvalue weighted by molar-refractivity contribution is -0.141. The van der Waals surface area contributed by atoms with Crippen molar-refractivity contribution >= 4 is 46.4 Å². The molecule has 0 spiro atoms. The molecule has 0 bridgehead atoms. The van der Waals surface area contributed by atoms with Crippen LogP contribution in [0, 0.1) is 0 Å². The van der Waals surface area contributed by atoms with Gasteiger partial charge in [0.05, 0.1) is 42.4 Å². The van der Waals surface area contributed by atoms with Crippen LogP contribution < -0.4 is 10.2 Å². The number of pyridine rings is 1. The largest absolute Gasteiger partial charge is 0.433 e. The summed E-state index contributed by atoms with van der Waals surface area (Å²) in [6.07, 6.45) is -3.66. The van der Waals surface area contributed by atoms with Crippen LogP contribution in [0.25, 0.3) is 0 Å². The summed E-state index contributed by atoms with van der Waals surface area (Å²) in [5.41, 5.74) is -0.149. The highest BCUT2D eigenvalue weighted by molar-refractivity contribution is 6.37. The number of amides is 2. The van der Waals surface area contributed by atoms with Crippen molar-refractivity contribution in [1.29, 1.82) is 0 Å². The summed E-state index contributed by atoms with van der Waals surface area (Å²) in [6.45, 7) is 4.73. The van der Waals surface area contributed by atoms with Gasteiger partial charge in [-0.25, -0.2) is 14.8 Å². The number of benzene rings is 1. The van der Waals surface area contributed by atoms with Crippen molar-refractivity contribution < 1.29 is 27.5 Å². The van der Waals surface area contributed by atoms with Gasteiger partial charge in [-0.05, 0) is 31.2 Å². The van der Waals surface area contributed by atoms with E-state index in [0.29, 0.717) is 16.3 Å². The predicted molar refractivity (Wildman–Crippen MR) is 126 cm³/mol. The average molecular weight is 532 g/mol. The van der Waals surface area contributed by atoms with E-state index >= 15 is 0 Å². The van der Waals surface area contributed by atoms with E-state index < -0.39 is 17.9 Å².